The first-order valence-electron chi connectivity index (χ1n) is 14.6. The second-order valence-corrected chi connectivity index (χ2v) is 11.6. The van der Waals surface area contributed by atoms with Gasteiger partial charge in [0.25, 0.3) is 0 Å². The number of aryl methyl sites for hydroxylation is 1. The third kappa shape index (κ3) is 7.74. The second-order valence-electron chi connectivity index (χ2n) is 11.6. The quantitative estimate of drug-likeness (QED) is 0.199. The molecule has 0 heterocycles. The number of benzene rings is 1. The summed E-state index contributed by atoms with van der Waals surface area (Å²) < 4.78 is 0. The van der Waals surface area contributed by atoms with Crippen LogP contribution in [0.2, 0.25) is 0 Å². The number of hydrogen-bond donors (Lipinski definition) is 0. The smallest absolute Gasteiger partial charge is 0.0177 e. The Morgan fingerprint density at radius 3 is 2.54 bits per heavy atom. The third-order valence-corrected chi connectivity index (χ3v) is 8.99. The minimum atomic E-state index is 0.385. The minimum absolute atomic E-state index is 0.385. The summed E-state index contributed by atoms with van der Waals surface area (Å²) in [7, 11) is 0. The highest BCUT2D eigenvalue weighted by Crippen LogP contribution is 2.47. The summed E-state index contributed by atoms with van der Waals surface area (Å²) in [6.45, 7) is 11.3. The molecule has 0 heteroatoms. The van der Waals surface area contributed by atoms with E-state index in [4.69, 9.17) is 6.42 Å². The maximum atomic E-state index is 5.98. The van der Waals surface area contributed by atoms with Crippen molar-refractivity contribution in [3.8, 4) is 12.3 Å². The van der Waals surface area contributed by atoms with Gasteiger partial charge < -0.3 is 0 Å². The maximum Gasteiger partial charge on any atom is 0.0177 e. The molecule has 1 fully saturated rings. The van der Waals surface area contributed by atoms with Crippen LogP contribution in [0.5, 0.6) is 0 Å². The summed E-state index contributed by atoms with van der Waals surface area (Å²) >= 11 is 0. The van der Waals surface area contributed by atoms with Crippen LogP contribution < -0.4 is 0 Å². The molecule has 1 atom stereocenters. The van der Waals surface area contributed by atoms with Gasteiger partial charge in [-0.3, -0.25) is 0 Å². The van der Waals surface area contributed by atoms with Crippen molar-refractivity contribution in [1.29, 1.82) is 0 Å². The van der Waals surface area contributed by atoms with E-state index in [-0.39, 0.29) is 0 Å². The lowest BCUT2D eigenvalue weighted by Gasteiger charge is -2.41. The van der Waals surface area contributed by atoms with Gasteiger partial charge in [-0.1, -0.05) is 94.0 Å². The number of rotatable bonds is 13. The van der Waals surface area contributed by atoms with E-state index < -0.39 is 0 Å². The van der Waals surface area contributed by atoms with Gasteiger partial charge in [-0.15, -0.1) is 6.42 Å². The monoisotopic (exact) mass is 470 g/mol. The SMILES string of the molecule is C#CC1=C(/C=C\CC(=C)CCCC2(CCC)CCC(CCCC)CC2)CCC1c1ccccc1C. The van der Waals surface area contributed by atoms with Crippen LogP contribution in [-0.4, -0.2) is 0 Å². The summed E-state index contributed by atoms with van der Waals surface area (Å²) in [4.78, 5) is 0. The Balaban J connectivity index is 1.47. The van der Waals surface area contributed by atoms with Gasteiger partial charge in [0.1, 0.15) is 0 Å². The highest BCUT2D eigenvalue weighted by Gasteiger charge is 2.33. The minimum Gasteiger partial charge on any atom is -0.115 e. The lowest BCUT2D eigenvalue weighted by Crippen LogP contribution is -2.27. The normalized spacial score (nSPS) is 24.7. The molecule has 0 aromatic heterocycles. The zero-order valence-electron chi connectivity index (χ0n) is 23.0. The third-order valence-electron chi connectivity index (χ3n) is 8.99. The van der Waals surface area contributed by atoms with E-state index in [0.717, 1.165) is 25.2 Å². The molecule has 0 nitrogen and oxygen atoms in total. The maximum absolute atomic E-state index is 5.98. The molecule has 0 amide bonds. The van der Waals surface area contributed by atoms with E-state index in [0.29, 0.717) is 11.3 Å². The Kier molecular flexibility index (Phi) is 11.0. The molecule has 0 N–H and O–H groups in total. The Morgan fingerprint density at radius 1 is 1.09 bits per heavy atom. The Bertz CT molecular complexity index is 910. The van der Waals surface area contributed by atoms with Crippen LogP contribution in [0.1, 0.15) is 127 Å². The second kappa shape index (κ2) is 13.9. The van der Waals surface area contributed by atoms with E-state index in [1.54, 1.807) is 0 Å². The van der Waals surface area contributed by atoms with Crippen LogP contribution in [0.4, 0.5) is 0 Å². The van der Waals surface area contributed by atoms with Gasteiger partial charge in [0.05, 0.1) is 0 Å². The van der Waals surface area contributed by atoms with Gasteiger partial charge in [0.2, 0.25) is 0 Å². The van der Waals surface area contributed by atoms with Crippen LogP contribution >= 0.6 is 0 Å². The van der Waals surface area contributed by atoms with Crippen molar-refractivity contribution in [2.45, 2.75) is 123 Å². The van der Waals surface area contributed by atoms with Crippen LogP contribution in [0.3, 0.4) is 0 Å². The van der Waals surface area contributed by atoms with Crippen LogP contribution in [0.25, 0.3) is 0 Å². The Labute approximate surface area is 217 Å². The van der Waals surface area contributed by atoms with Crippen LogP contribution in [0.15, 0.2) is 59.7 Å². The van der Waals surface area contributed by atoms with E-state index >= 15 is 0 Å². The van der Waals surface area contributed by atoms with E-state index in [2.05, 4.69) is 69.7 Å². The lowest BCUT2D eigenvalue weighted by molar-refractivity contribution is 0.115. The number of terminal acetylenes is 1. The molecule has 35 heavy (non-hydrogen) atoms. The predicted molar refractivity (Wildman–Crippen MR) is 155 cm³/mol. The van der Waals surface area contributed by atoms with Crippen molar-refractivity contribution in [2.75, 3.05) is 0 Å². The lowest BCUT2D eigenvalue weighted by atomic mass is 9.65. The average Bonchev–Trinajstić information content (AvgIpc) is 3.27. The van der Waals surface area contributed by atoms with Crippen molar-refractivity contribution >= 4 is 0 Å². The summed E-state index contributed by atoms with van der Waals surface area (Å²) in [5.41, 5.74) is 7.29. The van der Waals surface area contributed by atoms with Crippen molar-refractivity contribution in [3.05, 3.63) is 70.8 Å². The molecule has 190 valence electrons. The molecule has 0 aliphatic heterocycles. The summed E-state index contributed by atoms with van der Waals surface area (Å²) in [5.74, 6) is 4.42. The Hall–Kier alpha value is -2.00. The molecule has 2 aliphatic carbocycles. The van der Waals surface area contributed by atoms with Gasteiger partial charge in [0.15, 0.2) is 0 Å². The molecule has 0 saturated heterocycles. The topological polar surface area (TPSA) is 0 Å². The van der Waals surface area contributed by atoms with Gasteiger partial charge in [-0.2, -0.15) is 0 Å². The number of hydrogen-bond acceptors (Lipinski definition) is 0. The van der Waals surface area contributed by atoms with E-state index in [1.165, 1.54) is 105 Å². The summed E-state index contributed by atoms with van der Waals surface area (Å²) in [6.07, 6.45) is 30.5. The largest absolute Gasteiger partial charge is 0.115 e. The van der Waals surface area contributed by atoms with Crippen molar-refractivity contribution in [3.63, 3.8) is 0 Å². The van der Waals surface area contributed by atoms with Gasteiger partial charge in [0, 0.05) is 11.5 Å². The Morgan fingerprint density at radius 2 is 1.86 bits per heavy atom. The molecule has 1 saturated carbocycles. The first kappa shape index (κ1) is 27.6. The number of allylic oxidation sites excluding steroid dienone is 5. The fourth-order valence-electron chi connectivity index (χ4n) is 6.87. The standard InChI is InChI=1S/C35H50/c1-6-9-17-30-22-26-35(24-7-2,27-23-30)25-13-15-28(4)14-12-18-31-20-21-34(32(31)8-3)33-19-11-10-16-29(33)5/h3,10-12,16,18-19,30,34H,4,6-7,9,13-15,17,20-27H2,1-2,5H3/b18-12-. The van der Waals surface area contributed by atoms with Gasteiger partial charge in [-0.25, -0.2) is 0 Å². The zero-order chi connectivity index (χ0) is 25.1. The molecule has 3 rings (SSSR count). The first-order chi connectivity index (χ1) is 17.0. The highest BCUT2D eigenvalue weighted by molar-refractivity contribution is 5.50. The van der Waals surface area contributed by atoms with Crippen LogP contribution in [-0.2, 0) is 0 Å². The highest BCUT2D eigenvalue weighted by atomic mass is 14.4. The van der Waals surface area contributed by atoms with Crippen molar-refractivity contribution < 1.29 is 0 Å². The molecule has 2 aliphatic rings. The fourth-order valence-corrected chi connectivity index (χ4v) is 6.87. The molecular formula is C35H50. The van der Waals surface area contributed by atoms with E-state index in [9.17, 15) is 0 Å². The van der Waals surface area contributed by atoms with Gasteiger partial charge in [-0.05, 0) is 106 Å². The molecule has 1 aromatic rings. The van der Waals surface area contributed by atoms with Crippen molar-refractivity contribution in [2.24, 2.45) is 11.3 Å². The van der Waals surface area contributed by atoms with Gasteiger partial charge >= 0.3 is 0 Å². The van der Waals surface area contributed by atoms with Crippen molar-refractivity contribution in [1.82, 2.24) is 0 Å². The molecular weight excluding hydrogens is 420 g/mol. The fraction of sp³-hybridized carbons (Fsp3) is 0.600. The molecule has 1 aromatic carbocycles. The average molecular weight is 471 g/mol. The molecule has 0 bridgehead atoms. The molecule has 0 spiro atoms. The predicted octanol–water partition coefficient (Wildman–Crippen LogP) is 10.6. The summed E-state index contributed by atoms with van der Waals surface area (Å²) in [6, 6.07) is 8.69. The first-order valence-corrected chi connectivity index (χ1v) is 14.6. The molecule has 0 radical (unpaired) electrons. The van der Waals surface area contributed by atoms with E-state index in [1.807, 2.05) is 0 Å². The summed E-state index contributed by atoms with van der Waals surface area (Å²) in [5, 5.41) is 0. The number of unbranched alkanes of at least 4 members (excludes halogenated alkanes) is 1. The molecule has 1 unspecified atom stereocenters. The van der Waals surface area contributed by atoms with Crippen LogP contribution in [0, 0.1) is 30.6 Å². The zero-order valence-corrected chi connectivity index (χ0v) is 23.0.